The van der Waals surface area contributed by atoms with E-state index in [2.05, 4.69) is 170 Å². The second kappa shape index (κ2) is 45.2. The predicted molar refractivity (Wildman–Crippen MR) is 475 cm³/mol. The molecule has 0 amide bonds. The summed E-state index contributed by atoms with van der Waals surface area (Å²) in [5.74, 6) is 21.3. The summed E-state index contributed by atoms with van der Waals surface area (Å²) >= 11 is 4.33. The van der Waals surface area contributed by atoms with Crippen LogP contribution in [-0.2, 0) is 0 Å². The Morgan fingerprint density at radius 2 is 0.661 bits per heavy atom. The fourth-order valence-electron chi connectivity index (χ4n) is 11.9. The van der Waals surface area contributed by atoms with Crippen molar-refractivity contribution in [2.45, 2.75) is 108 Å². The SMILES string of the molecule is C.COc1ccc(C=Cc2ccc(C)c(F)c2)cc1.Cc1c(F)cc(-c2ccc(C3CCC(C)CC3)cc2)cc1F.Cc1ccc(-c2ccc(C#Cc3c(F)cc(C)cc3F)cc2)cc1.Cc1ccc(C#Cc2cc(F)c(N=C=S)c(F)c2)cc1.Cc1ccc(C#Cc2ccc(C)c(F)c2)cc1.Cc1ccc(C#Cc2ccc(C)cc2)cc1. The molecule has 0 spiro atoms. The minimum Gasteiger partial charge on any atom is -0.497 e. The Bertz CT molecular complexity index is 5760. The van der Waals surface area contributed by atoms with Crippen LogP contribution in [0.1, 0.15) is 157 Å². The number of halogens is 8. The van der Waals surface area contributed by atoms with E-state index in [9.17, 15) is 35.1 Å². The molecular weight excluding hydrogens is 1500 g/mol. The molecule has 0 aromatic heterocycles. The van der Waals surface area contributed by atoms with E-state index in [1.807, 2.05) is 159 Å². The number of benzene rings is 13. The highest BCUT2D eigenvalue weighted by molar-refractivity contribution is 7.78. The van der Waals surface area contributed by atoms with Crippen molar-refractivity contribution in [3.05, 3.63) is 425 Å². The van der Waals surface area contributed by atoms with E-state index in [0.29, 0.717) is 39.3 Å². The number of methoxy groups -OCH3 is 1. The molecule has 13 aromatic rings. The Hall–Kier alpha value is -13.1. The van der Waals surface area contributed by atoms with E-state index in [0.717, 1.165) is 79.4 Å². The number of hydrogen-bond acceptors (Lipinski definition) is 3. The van der Waals surface area contributed by atoms with Crippen LogP contribution in [0.25, 0.3) is 34.4 Å². The van der Waals surface area contributed by atoms with Gasteiger partial charge in [0.15, 0.2) is 11.6 Å². The molecule has 1 aliphatic rings. The number of rotatable bonds is 7. The van der Waals surface area contributed by atoms with Crippen molar-refractivity contribution in [3.8, 4) is 75.4 Å². The molecule has 0 saturated heterocycles. The third-order valence-corrected chi connectivity index (χ3v) is 19.3. The first-order chi connectivity index (χ1) is 56.2. The molecule has 0 bridgehead atoms. The third-order valence-electron chi connectivity index (χ3n) is 19.2. The average molecular weight is 1590 g/mol. The Balaban J connectivity index is 0.000000177. The minimum atomic E-state index is -0.810. The molecule has 13 aromatic carbocycles. The van der Waals surface area contributed by atoms with Crippen LogP contribution in [0.15, 0.2) is 272 Å². The first-order valence-electron chi connectivity index (χ1n) is 38.2. The highest BCUT2D eigenvalue weighted by Gasteiger charge is 2.20. The van der Waals surface area contributed by atoms with Crippen LogP contribution < -0.4 is 4.74 Å². The van der Waals surface area contributed by atoms with Crippen molar-refractivity contribution >= 4 is 35.2 Å². The van der Waals surface area contributed by atoms with Crippen molar-refractivity contribution < 1.29 is 39.9 Å². The van der Waals surface area contributed by atoms with Crippen LogP contribution in [0.2, 0.25) is 0 Å². The van der Waals surface area contributed by atoms with E-state index in [-0.39, 0.29) is 35.8 Å². The fraction of sp³-hybridized carbons (Fsp3) is 0.168. The lowest BCUT2D eigenvalue weighted by atomic mass is 9.79. The first kappa shape index (κ1) is 90.4. The molecule has 0 heterocycles. The molecule has 11 heteroatoms. The number of aryl methyl sites for hydroxylation is 8. The van der Waals surface area contributed by atoms with Crippen LogP contribution in [0, 0.1) is 162 Å². The standard InChI is InChI=1S/C22H16F2.C20H22F2.C16H9F2NS.C16H15FO.C16H13F.C16H14.CH4/c1-15-3-8-18(9-4-15)19-10-5-17(6-11-19)7-12-20-21(23)13-16(2)14-22(20)24;1-13-3-5-15(6-4-13)16-7-9-17(10-8-16)18-11-19(21)14(2)20(22)12-18;1-11-2-4-12(5-3-11)6-7-13-8-14(17)16(19-10-20)15(18)9-13;1-12-3-4-14(11-16(12)17)6-5-13-7-9-15(18-2)10-8-13;1-12-3-6-14(7-4-12)9-10-15-8-5-13(2)16(17)11-15;1-13-3-7-15(8-4-13)11-12-16-9-5-14(2)6-10-16;/h3-6,8-11,13-14H,1-2H3;7-13,15H,3-6H2,1-2H3;2-5,8-9H,1H3;3-11H,1-2H3;3-8,11H,1-2H3;3-10H,1-2H3;1H4. The maximum absolute atomic E-state index is 13.8. The van der Waals surface area contributed by atoms with Gasteiger partial charge in [-0.2, -0.15) is 4.99 Å². The first-order valence-corrected chi connectivity index (χ1v) is 38.6. The molecule has 0 N–H and O–H groups in total. The maximum Gasteiger partial charge on any atom is 0.153 e. The summed E-state index contributed by atoms with van der Waals surface area (Å²) in [5.41, 5.74) is 19.8. The number of isothiocyanates is 1. The van der Waals surface area contributed by atoms with E-state index in [4.69, 9.17) is 4.74 Å². The number of nitrogens with zero attached hydrogens (tertiary/aromatic N) is 1. The normalized spacial score (nSPS) is 12.0. The second-order valence-corrected chi connectivity index (χ2v) is 28.9. The number of hydrogen-bond donors (Lipinski definition) is 0. The van der Waals surface area contributed by atoms with Crippen LogP contribution in [0.3, 0.4) is 0 Å². The Morgan fingerprint density at radius 1 is 0.322 bits per heavy atom. The van der Waals surface area contributed by atoms with Gasteiger partial charge in [0.2, 0.25) is 0 Å². The predicted octanol–water partition coefficient (Wildman–Crippen LogP) is 28.8. The summed E-state index contributed by atoms with van der Waals surface area (Å²) in [6, 6.07) is 81.7. The minimum absolute atomic E-state index is 0. The molecule has 0 atom stereocenters. The van der Waals surface area contributed by atoms with E-state index in [1.54, 1.807) is 40.0 Å². The van der Waals surface area contributed by atoms with Gasteiger partial charge in [-0.1, -0.05) is 254 Å². The zero-order valence-corrected chi connectivity index (χ0v) is 68.1. The summed E-state index contributed by atoms with van der Waals surface area (Å²) in [6.07, 6.45) is 8.91. The van der Waals surface area contributed by atoms with Gasteiger partial charge < -0.3 is 4.74 Å². The molecule has 1 fully saturated rings. The second-order valence-electron chi connectivity index (χ2n) is 28.7. The van der Waals surface area contributed by atoms with Gasteiger partial charge in [0.25, 0.3) is 0 Å². The summed E-state index contributed by atoms with van der Waals surface area (Å²) < 4.78 is 114. The molecule has 594 valence electrons. The average Bonchev–Trinajstić information content (AvgIpc) is 0.811. The topological polar surface area (TPSA) is 21.6 Å². The van der Waals surface area contributed by atoms with Crippen LogP contribution >= 0.6 is 12.2 Å². The van der Waals surface area contributed by atoms with Crippen molar-refractivity contribution in [1.29, 1.82) is 0 Å². The number of aliphatic imine (C=N–C) groups is 1. The Morgan fingerprint density at radius 3 is 1.08 bits per heavy atom. The summed E-state index contributed by atoms with van der Waals surface area (Å²) in [4.78, 5) is 3.34. The van der Waals surface area contributed by atoms with Crippen molar-refractivity contribution in [2.24, 2.45) is 10.9 Å². The fourth-order valence-corrected chi connectivity index (χ4v) is 12.0. The van der Waals surface area contributed by atoms with E-state index >= 15 is 0 Å². The summed E-state index contributed by atoms with van der Waals surface area (Å²) in [5, 5.41) is 1.94. The third kappa shape index (κ3) is 28.7. The van der Waals surface area contributed by atoms with E-state index < -0.39 is 40.6 Å². The van der Waals surface area contributed by atoms with Gasteiger partial charge in [-0.15, -0.1) is 0 Å². The van der Waals surface area contributed by atoms with Gasteiger partial charge in [-0.05, 0) is 282 Å². The molecule has 2 nitrogen and oxygen atoms in total. The summed E-state index contributed by atoms with van der Waals surface area (Å²) in [7, 11) is 1.64. The molecular formula is C107H93F8NOS. The van der Waals surface area contributed by atoms with Crippen molar-refractivity contribution in [3.63, 3.8) is 0 Å². The molecule has 0 unspecified atom stereocenters. The molecule has 118 heavy (non-hydrogen) atoms. The van der Waals surface area contributed by atoms with Gasteiger partial charge in [0.05, 0.1) is 17.8 Å². The number of thiocarbonyl (C=S) groups is 1. The van der Waals surface area contributed by atoms with Gasteiger partial charge in [-0.25, -0.2) is 35.1 Å². The Labute approximate surface area is 697 Å². The lowest BCUT2D eigenvalue weighted by Gasteiger charge is -2.26. The zero-order chi connectivity index (χ0) is 83.9. The summed E-state index contributed by atoms with van der Waals surface area (Å²) in [6.45, 7) is 19.1. The lowest BCUT2D eigenvalue weighted by Crippen LogP contribution is -2.10. The monoisotopic (exact) mass is 1590 g/mol. The van der Waals surface area contributed by atoms with Crippen LogP contribution in [0.5, 0.6) is 5.75 Å². The molecule has 1 saturated carbocycles. The van der Waals surface area contributed by atoms with Gasteiger partial charge in [0, 0.05) is 44.5 Å². The quantitative estimate of drug-likeness (QED) is 0.0521. The largest absolute Gasteiger partial charge is 0.497 e. The number of ether oxygens (including phenoxy) is 1. The van der Waals surface area contributed by atoms with Crippen molar-refractivity contribution in [2.75, 3.05) is 7.11 Å². The molecule has 14 rings (SSSR count). The van der Waals surface area contributed by atoms with Gasteiger partial charge in [0.1, 0.15) is 46.3 Å². The maximum atomic E-state index is 13.8. The van der Waals surface area contributed by atoms with Crippen LogP contribution in [-0.4, -0.2) is 12.3 Å². The van der Waals surface area contributed by atoms with Gasteiger partial charge >= 0.3 is 0 Å². The van der Waals surface area contributed by atoms with Crippen LogP contribution in [0.4, 0.5) is 40.8 Å². The molecule has 0 aliphatic heterocycles. The lowest BCUT2D eigenvalue weighted by molar-refractivity contribution is 0.348. The highest BCUT2D eigenvalue weighted by atomic mass is 32.1. The van der Waals surface area contributed by atoms with E-state index in [1.165, 1.54) is 96.8 Å². The highest BCUT2D eigenvalue weighted by Crippen LogP contribution is 2.37. The van der Waals surface area contributed by atoms with Gasteiger partial charge in [-0.3, -0.25) is 0 Å². The Kier molecular flexibility index (Phi) is 34.7. The van der Waals surface area contributed by atoms with Crippen molar-refractivity contribution in [1.82, 2.24) is 0 Å². The smallest absolute Gasteiger partial charge is 0.153 e. The zero-order valence-electron chi connectivity index (χ0n) is 67.3. The molecule has 0 radical (unpaired) electrons. The molecule has 1 aliphatic carbocycles.